The molecular formula is C22H25N3O4. The van der Waals surface area contributed by atoms with Crippen molar-refractivity contribution in [2.24, 2.45) is 0 Å². The van der Waals surface area contributed by atoms with Crippen molar-refractivity contribution in [3.8, 4) is 5.75 Å². The van der Waals surface area contributed by atoms with Crippen molar-refractivity contribution in [3.63, 3.8) is 0 Å². The van der Waals surface area contributed by atoms with Crippen LogP contribution in [0.2, 0.25) is 0 Å². The van der Waals surface area contributed by atoms with Gasteiger partial charge >= 0.3 is 6.03 Å². The summed E-state index contributed by atoms with van der Waals surface area (Å²) in [7, 11) is 1.62. The summed E-state index contributed by atoms with van der Waals surface area (Å²) in [5.41, 5.74) is 2.48. The molecular weight excluding hydrogens is 370 g/mol. The lowest BCUT2D eigenvalue weighted by Gasteiger charge is -2.30. The summed E-state index contributed by atoms with van der Waals surface area (Å²) in [6, 6.07) is 10.9. The predicted octanol–water partition coefficient (Wildman–Crippen LogP) is 3.24. The molecule has 2 fully saturated rings. The first-order valence-electron chi connectivity index (χ1n) is 9.98. The maximum absolute atomic E-state index is 12.8. The molecule has 1 heterocycles. The topological polar surface area (TPSA) is 87.7 Å². The van der Waals surface area contributed by atoms with E-state index < -0.39 is 23.4 Å². The van der Waals surface area contributed by atoms with Crippen LogP contribution < -0.4 is 15.5 Å². The zero-order valence-corrected chi connectivity index (χ0v) is 16.7. The van der Waals surface area contributed by atoms with Crippen molar-refractivity contribution in [1.82, 2.24) is 15.8 Å². The Labute approximate surface area is 169 Å². The molecule has 2 aromatic rings. The summed E-state index contributed by atoms with van der Waals surface area (Å²) >= 11 is 0. The Bertz CT molecular complexity index is 981. The fourth-order valence-corrected chi connectivity index (χ4v) is 4.21. The number of amides is 4. The standard InChI is InChI=1S/C22H25N3O4/c1-14(15-6-7-17-13-18(29-2)9-8-16(17)12-15)19(26)24-25-20(27)22(23-21(25)28)10-4-3-5-11-22/h6-9,12-14H,3-5,10-11H2,1-2H3,(H,23,28)(H,24,26)/t14-/m1/s1. The maximum Gasteiger partial charge on any atom is 0.344 e. The summed E-state index contributed by atoms with van der Waals surface area (Å²) in [5, 5.41) is 5.65. The van der Waals surface area contributed by atoms with E-state index in [0.29, 0.717) is 12.8 Å². The summed E-state index contributed by atoms with van der Waals surface area (Å²) in [5.74, 6) is -0.501. The Balaban J connectivity index is 1.50. The van der Waals surface area contributed by atoms with Crippen LogP contribution in [0.5, 0.6) is 5.75 Å². The third-order valence-electron chi connectivity index (χ3n) is 6.06. The average molecular weight is 395 g/mol. The van der Waals surface area contributed by atoms with E-state index in [4.69, 9.17) is 4.74 Å². The zero-order chi connectivity index (χ0) is 20.6. The molecule has 1 aliphatic heterocycles. The number of nitrogens with zero attached hydrogens (tertiary/aromatic N) is 1. The summed E-state index contributed by atoms with van der Waals surface area (Å²) in [4.78, 5) is 38.0. The lowest BCUT2D eigenvalue weighted by Crippen LogP contribution is -2.51. The minimum Gasteiger partial charge on any atom is -0.497 e. The normalized spacial score (nSPS) is 19.3. The van der Waals surface area contributed by atoms with Gasteiger partial charge in [-0.3, -0.25) is 15.0 Å². The molecule has 1 saturated heterocycles. The minimum atomic E-state index is -0.853. The Kier molecular flexibility index (Phi) is 4.90. The van der Waals surface area contributed by atoms with Crippen molar-refractivity contribution in [2.75, 3.05) is 7.11 Å². The smallest absolute Gasteiger partial charge is 0.344 e. The molecule has 0 radical (unpaired) electrons. The van der Waals surface area contributed by atoms with Crippen LogP contribution in [0.1, 0.15) is 50.5 Å². The van der Waals surface area contributed by atoms with Crippen LogP contribution in [0, 0.1) is 0 Å². The Hall–Kier alpha value is -3.09. The molecule has 0 unspecified atom stereocenters. The highest BCUT2D eigenvalue weighted by Gasteiger charge is 2.52. The number of fused-ring (bicyclic) bond motifs is 1. The Morgan fingerprint density at radius 1 is 1.10 bits per heavy atom. The van der Waals surface area contributed by atoms with E-state index in [2.05, 4.69) is 10.7 Å². The number of hydrazine groups is 1. The highest BCUT2D eigenvalue weighted by Crippen LogP contribution is 2.33. The second kappa shape index (κ2) is 7.39. The number of carbonyl (C=O) groups excluding carboxylic acids is 3. The Morgan fingerprint density at radius 3 is 2.52 bits per heavy atom. The number of ether oxygens (including phenoxy) is 1. The van der Waals surface area contributed by atoms with Gasteiger partial charge in [0.1, 0.15) is 11.3 Å². The fourth-order valence-electron chi connectivity index (χ4n) is 4.21. The van der Waals surface area contributed by atoms with Crippen molar-refractivity contribution in [2.45, 2.75) is 50.5 Å². The van der Waals surface area contributed by atoms with Crippen LogP contribution in [-0.2, 0) is 9.59 Å². The van der Waals surface area contributed by atoms with Gasteiger partial charge in [0.25, 0.3) is 5.91 Å². The second-order valence-corrected chi connectivity index (χ2v) is 7.88. The van der Waals surface area contributed by atoms with E-state index in [1.807, 2.05) is 36.4 Å². The van der Waals surface area contributed by atoms with Gasteiger partial charge in [0.2, 0.25) is 5.91 Å². The van der Waals surface area contributed by atoms with Crippen molar-refractivity contribution >= 4 is 28.6 Å². The zero-order valence-electron chi connectivity index (χ0n) is 16.7. The number of rotatable bonds is 4. The highest BCUT2D eigenvalue weighted by atomic mass is 16.5. The maximum atomic E-state index is 12.8. The average Bonchev–Trinajstić information content (AvgIpc) is 2.96. The summed E-state index contributed by atoms with van der Waals surface area (Å²) < 4.78 is 5.24. The Morgan fingerprint density at radius 2 is 1.79 bits per heavy atom. The molecule has 1 saturated carbocycles. The molecule has 2 aliphatic rings. The molecule has 1 atom stereocenters. The SMILES string of the molecule is COc1ccc2cc([C@@H](C)C(=O)NN3C(=O)NC4(CCCCC4)C3=O)ccc2c1. The monoisotopic (exact) mass is 395 g/mol. The van der Waals surface area contributed by atoms with Gasteiger partial charge in [-0.15, -0.1) is 0 Å². The third kappa shape index (κ3) is 3.41. The molecule has 29 heavy (non-hydrogen) atoms. The number of imide groups is 1. The lowest BCUT2D eigenvalue weighted by molar-refractivity contribution is -0.140. The lowest BCUT2D eigenvalue weighted by atomic mass is 9.82. The number of hydrogen-bond acceptors (Lipinski definition) is 4. The molecule has 4 amide bonds. The highest BCUT2D eigenvalue weighted by molar-refractivity contribution is 6.08. The van der Waals surface area contributed by atoms with Gasteiger partial charge < -0.3 is 10.1 Å². The summed E-state index contributed by atoms with van der Waals surface area (Å²) in [6.45, 7) is 1.76. The van der Waals surface area contributed by atoms with Gasteiger partial charge in [0.15, 0.2) is 0 Å². The van der Waals surface area contributed by atoms with E-state index in [1.165, 1.54) is 0 Å². The van der Waals surface area contributed by atoms with Gasteiger partial charge in [-0.05, 0) is 48.2 Å². The van der Waals surface area contributed by atoms with Crippen LogP contribution in [0.25, 0.3) is 10.8 Å². The van der Waals surface area contributed by atoms with Crippen LogP contribution >= 0.6 is 0 Å². The molecule has 0 aromatic heterocycles. The molecule has 7 heteroatoms. The summed E-state index contributed by atoms with van der Waals surface area (Å²) in [6.07, 6.45) is 4.08. The predicted molar refractivity (Wildman–Crippen MR) is 108 cm³/mol. The number of nitrogens with one attached hydrogen (secondary N) is 2. The van der Waals surface area contributed by atoms with Gasteiger partial charge in [0, 0.05) is 0 Å². The second-order valence-electron chi connectivity index (χ2n) is 7.88. The van der Waals surface area contributed by atoms with Gasteiger partial charge in [0.05, 0.1) is 13.0 Å². The number of hydrogen-bond donors (Lipinski definition) is 2. The van der Waals surface area contributed by atoms with Crippen LogP contribution in [0.3, 0.4) is 0 Å². The first kappa shape index (κ1) is 19.2. The van der Waals surface area contributed by atoms with E-state index in [-0.39, 0.29) is 5.91 Å². The van der Waals surface area contributed by atoms with E-state index >= 15 is 0 Å². The molecule has 4 rings (SSSR count). The quantitative estimate of drug-likeness (QED) is 0.778. The molecule has 152 valence electrons. The first-order valence-corrected chi connectivity index (χ1v) is 9.98. The third-order valence-corrected chi connectivity index (χ3v) is 6.06. The van der Waals surface area contributed by atoms with E-state index in [1.54, 1.807) is 14.0 Å². The number of carbonyl (C=O) groups is 3. The van der Waals surface area contributed by atoms with Crippen LogP contribution in [0.4, 0.5) is 4.79 Å². The number of methoxy groups -OCH3 is 1. The van der Waals surface area contributed by atoms with E-state index in [0.717, 1.165) is 46.4 Å². The number of benzene rings is 2. The van der Waals surface area contributed by atoms with Gasteiger partial charge in [-0.25, -0.2) is 4.79 Å². The van der Waals surface area contributed by atoms with Gasteiger partial charge in [-0.1, -0.05) is 43.5 Å². The molecule has 2 N–H and O–H groups in total. The van der Waals surface area contributed by atoms with Crippen LogP contribution in [0.15, 0.2) is 36.4 Å². The van der Waals surface area contributed by atoms with Gasteiger partial charge in [-0.2, -0.15) is 5.01 Å². The first-order chi connectivity index (χ1) is 13.9. The van der Waals surface area contributed by atoms with Crippen molar-refractivity contribution in [3.05, 3.63) is 42.0 Å². The molecule has 2 aromatic carbocycles. The largest absolute Gasteiger partial charge is 0.497 e. The molecule has 0 bridgehead atoms. The molecule has 1 spiro atoms. The van der Waals surface area contributed by atoms with E-state index in [9.17, 15) is 14.4 Å². The number of urea groups is 1. The fraction of sp³-hybridized carbons (Fsp3) is 0.409. The van der Waals surface area contributed by atoms with Crippen molar-refractivity contribution in [1.29, 1.82) is 0 Å². The molecule has 1 aliphatic carbocycles. The minimum absolute atomic E-state index is 0.353. The molecule has 7 nitrogen and oxygen atoms in total. The van der Waals surface area contributed by atoms with Crippen molar-refractivity contribution < 1.29 is 19.1 Å². The van der Waals surface area contributed by atoms with Crippen LogP contribution in [-0.4, -0.2) is 35.5 Å².